The summed E-state index contributed by atoms with van der Waals surface area (Å²) in [7, 11) is 0. The molecule has 2 heterocycles. The van der Waals surface area contributed by atoms with Crippen molar-refractivity contribution in [2.45, 2.75) is 38.1 Å². The number of hydrogen-bond acceptors (Lipinski definition) is 3. The van der Waals surface area contributed by atoms with E-state index < -0.39 is 0 Å². The van der Waals surface area contributed by atoms with Crippen LogP contribution in [0.25, 0.3) is 0 Å². The summed E-state index contributed by atoms with van der Waals surface area (Å²) in [5, 5.41) is 10.9. The van der Waals surface area contributed by atoms with Crippen molar-refractivity contribution in [2.24, 2.45) is 0 Å². The number of H-pyrrole nitrogens is 1. The van der Waals surface area contributed by atoms with Gasteiger partial charge in [0.05, 0.1) is 6.20 Å². The average molecular weight is 234 g/mol. The van der Waals surface area contributed by atoms with Crippen LogP contribution < -0.4 is 5.32 Å². The normalized spacial score (nSPS) is 23.3. The Morgan fingerprint density at radius 2 is 2.00 bits per heavy atom. The van der Waals surface area contributed by atoms with E-state index in [1.54, 1.807) is 0 Å². The molecule has 1 aromatic heterocycles. The molecule has 0 unspecified atom stereocenters. The molecule has 1 aliphatic heterocycles. The molecule has 1 aliphatic carbocycles. The van der Waals surface area contributed by atoms with Gasteiger partial charge in [0, 0.05) is 49.9 Å². The molecule has 1 aromatic rings. The first-order valence-electron chi connectivity index (χ1n) is 6.88. The molecule has 0 atom stereocenters. The van der Waals surface area contributed by atoms with E-state index in [1.807, 2.05) is 6.20 Å². The minimum absolute atomic E-state index is 0.746. The molecule has 94 valence electrons. The third-order valence-electron chi connectivity index (χ3n) is 4.12. The van der Waals surface area contributed by atoms with E-state index in [-0.39, 0.29) is 0 Å². The van der Waals surface area contributed by atoms with Crippen molar-refractivity contribution in [1.29, 1.82) is 0 Å². The zero-order valence-corrected chi connectivity index (χ0v) is 10.4. The first-order chi connectivity index (χ1) is 8.43. The largest absolute Gasteiger partial charge is 0.314 e. The molecule has 0 spiro atoms. The first-order valence-corrected chi connectivity index (χ1v) is 6.88. The summed E-state index contributed by atoms with van der Waals surface area (Å²) >= 11 is 0. The summed E-state index contributed by atoms with van der Waals surface area (Å²) < 4.78 is 0. The Balaban J connectivity index is 1.67. The molecule has 2 N–H and O–H groups in total. The predicted molar refractivity (Wildman–Crippen MR) is 67.9 cm³/mol. The summed E-state index contributed by atoms with van der Waals surface area (Å²) in [5.41, 5.74) is 2.85. The molecule has 4 heteroatoms. The van der Waals surface area contributed by atoms with E-state index in [0.717, 1.165) is 38.6 Å². The van der Waals surface area contributed by atoms with Crippen LogP contribution in [0.3, 0.4) is 0 Å². The van der Waals surface area contributed by atoms with Gasteiger partial charge >= 0.3 is 0 Å². The van der Waals surface area contributed by atoms with Gasteiger partial charge < -0.3 is 5.32 Å². The zero-order chi connectivity index (χ0) is 11.5. The lowest BCUT2D eigenvalue weighted by molar-refractivity contribution is 0.232. The second kappa shape index (κ2) is 5.19. The van der Waals surface area contributed by atoms with Crippen LogP contribution in [0.15, 0.2) is 6.20 Å². The molecule has 1 saturated carbocycles. The Labute approximate surface area is 103 Å². The van der Waals surface area contributed by atoms with Crippen LogP contribution in [0.2, 0.25) is 0 Å². The lowest BCUT2D eigenvalue weighted by Crippen LogP contribution is -2.43. The van der Waals surface area contributed by atoms with Crippen LogP contribution in [0.4, 0.5) is 0 Å². The maximum absolute atomic E-state index is 4.26. The molecular weight excluding hydrogens is 212 g/mol. The van der Waals surface area contributed by atoms with Gasteiger partial charge in [-0.25, -0.2) is 0 Å². The zero-order valence-electron chi connectivity index (χ0n) is 10.4. The van der Waals surface area contributed by atoms with Gasteiger partial charge in [-0.1, -0.05) is 12.8 Å². The van der Waals surface area contributed by atoms with Gasteiger partial charge in [0.15, 0.2) is 0 Å². The fourth-order valence-electron chi connectivity index (χ4n) is 3.13. The summed E-state index contributed by atoms with van der Waals surface area (Å²) in [6.07, 6.45) is 7.50. The Morgan fingerprint density at radius 1 is 1.24 bits per heavy atom. The first kappa shape index (κ1) is 11.2. The van der Waals surface area contributed by atoms with Gasteiger partial charge in [0.25, 0.3) is 0 Å². The highest BCUT2D eigenvalue weighted by molar-refractivity contribution is 5.21. The van der Waals surface area contributed by atoms with Crippen molar-refractivity contribution in [2.75, 3.05) is 26.2 Å². The summed E-state index contributed by atoms with van der Waals surface area (Å²) in [4.78, 5) is 2.53. The van der Waals surface area contributed by atoms with Crippen molar-refractivity contribution in [1.82, 2.24) is 20.4 Å². The highest BCUT2D eigenvalue weighted by Crippen LogP contribution is 2.34. The van der Waals surface area contributed by atoms with Crippen LogP contribution in [0.5, 0.6) is 0 Å². The fourth-order valence-corrected chi connectivity index (χ4v) is 3.13. The molecule has 4 nitrogen and oxygen atoms in total. The highest BCUT2D eigenvalue weighted by Gasteiger charge is 2.22. The Kier molecular flexibility index (Phi) is 3.43. The predicted octanol–water partition coefficient (Wildman–Crippen LogP) is 1.47. The minimum Gasteiger partial charge on any atom is -0.314 e. The average Bonchev–Trinajstić information content (AvgIpc) is 3.00. The smallest absolute Gasteiger partial charge is 0.0535 e. The number of nitrogens with one attached hydrogen (secondary N) is 2. The number of hydrogen-bond donors (Lipinski definition) is 2. The molecule has 2 fully saturated rings. The number of aromatic amines is 1. The third kappa shape index (κ3) is 2.53. The molecule has 0 radical (unpaired) electrons. The maximum atomic E-state index is 4.26. The van der Waals surface area contributed by atoms with Crippen LogP contribution in [0, 0.1) is 0 Å². The van der Waals surface area contributed by atoms with Crippen molar-refractivity contribution >= 4 is 0 Å². The van der Waals surface area contributed by atoms with Crippen LogP contribution in [-0.4, -0.2) is 41.3 Å². The van der Waals surface area contributed by atoms with Gasteiger partial charge in [0.1, 0.15) is 0 Å². The quantitative estimate of drug-likeness (QED) is 0.832. The highest BCUT2D eigenvalue weighted by atomic mass is 15.2. The molecular formula is C13H22N4. The van der Waals surface area contributed by atoms with Gasteiger partial charge in [-0.05, 0) is 12.8 Å². The monoisotopic (exact) mass is 234 g/mol. The van der Waals surface area contributed by atoms with Crippen LogP contribution >= 0.6 is 0 Å². The van der Waals surface area contributed by atoms with E-state index in [1.165, 1.54) is 36.9 Å². The number of nitrogens with zero attached hydrogens (tertiary/aromatic N) is 2. The standard InChI is InChI=1S/C13H22N4/c1-2-4-11(3-1)13-12(9-15-16-13)10-17-7-5-14-6-8-17/h9,11,14H,1-8,10H2,(H,15,16). The van der Waals surface area contributed by atoms with Crippen molar-refractivity contribution in [3.8, 4) is 0 Å². The Morgan fingerprint density at radius 3 is 2.76 bits per heavy atom. The summed E-state index contributed by atoms with van der Waals surface area (Å²) in [6.45, 7) is 5.64. The number of rotatable bonds is 3. The van der Waals surface area contributed by atoms with E-state index >= 15 is 0 Å². The van der Waals surface area contributed by atoms with Crippen LogP contribution in [0.1, 0.15) is 42.9 Å². The van der Waals surface area contributed by atoms with Gasteiger partial charge in [-0.3, -0.25) is 10.00 Å². The number of aromatic nitrogens is 2. The summed E-state index contributed by atoms with van der Waals surface area (Å²) in [5.74, 6) is 0.746. The molecule has 17 heavy (non-hydrogen) atoms. The SMILES string of the molecule is c1n[nH]c(C2CCCC2)c1CN1CCNCC1. The molecule has 1 saturated heterocycles. The van der Waals surface area contributed by atoms with Crippen molar-refractivity contribution < 1.29 is 0 Å². The number of piperazine rings is 1. The van der Waals surface area contributed by atoms with Gasteiger partial charge in [0.2, 0.25) is 0 Å². The molecule has 0 aromatic carbocycles. The van der Waals surface area contributed by atoms with E-state index in [2.05, 4.69) is 20.4 Å². The lowest BCUT2D eigenvalue weighted by Gasteiger charge is -2.27. The maximum Gasteiger partial charge on any atom is 0.0535 e. The molecule has 0 bridgehead atoms. The van der Waals surface area contributed by atoms with Gasteiger partial charge in [-0.2, -0.15) is 5.10 Å². The van der Waals surface area contributed by atoms with E-state index in [0.29, 0.717) is 0 Å². The lowest BCUT2D eigenvalue weighted by atomic mass is 10.00. The van der Waals surface area contributed by atoms with Crippen LogP contribution in [-0.2, 0) is 6.54 Å². The second-order valence-electron chi connectivity index (χ2n) is 5.32. The van der Waals surface area contributed by atoms with Gasteiger partial charge in [-0.15, -0.1) is 0 Å². The third-order valence-corrected chi connectivity index (χ3v) is 4.12. The second-order valence-corrected chi connectivity index (χ2v) is 5.32. The summed E-state index contributed by atoms with van der Waals surface area (Å²) in [6, 6.07) is 0. The molecule has 0 amide bonds. The Hall–Kier alpha value is -0.870. The Bertz CT molecular complexity index is 348. The fraction of sp³-hybridized carbons (Fsp3) is 0.769. The van der Waals surface area contributed by atoms with Crippen molar-refractivity contribution in [3.05, 3.63) is 17.5 Å². The topological polar surface area (TPSA) is 44.0 Å². The van der Waals surface area contributed by atoms with E-state index in [9.17, 15) is 0 Å². The van der Waals surface area contributed by atoms with E-state index in [4.69, 9.17) is 0 Å². The molecule has 3 rings (SSSR count). The molecule has 2 aliphatic rings. The van der Waals surface area contributed by atoms with Crippen molar-refractivity contribution in [3.63, 3.8) is 0 Å². The minimum atomic E-state index is 0.746.